The molecule has 118 valence electrons. The zero-order valence-corrected chi connectivity index (χ0v) is 13.7. The van der Waals surface area contributed by atoms with E-state index in [9.17, 15) is 13.2 Å². The van der Waals surface area contributed by atoms with Gasteiger partial charge in [-0.25, -0.2) is 8.42 Å². The number of benzene rings is 1. The number of sulfonamides is 1. The van der Waals surface area contributed by atoms with Crippen LogP contribution in [0.2, 0.25) is 5.02 Å². The Labute approximate surface area is 132 Å². The number of nitrogens with one attached hydrogen (secondary N) is 2. The summed E-state index contributed by atoms with van der Waals surface area (Å²) in [6.07, 6.45) is 0. The lowest BCUT2D eigenvalue weighted by Crippen LogP contribution is -2.14. The Balaban J connectivity index is 2.31. The van der Waals surface area contributed by atoms with Crippen LogP contribution in [-0.2, 0) is 14.8 Å². The van der Waals surface area contributed by atoms with E-state index in [2.05, 4.69) is 15.2 Å². The van der Waals surface area contributed by atoms with E-state index in [4.69, 9.17) is 16.1 Å². The minimum absolute atomic E-state index is 0.00504. The molecule has 0 radical (unpaired) electrons. The van der Waals surface area contributed by atoms with Gasteiger partial charge in [0.15, 0.2) is 10.7 Å². The Morgan fingerprint density at radius 2 is 2.00 bits per heavy atom. The lowest BCUT2D eigenvalue weighted by Gasteiger charge is -2.10. The van der Waals surface area contributed by atoms with Crippen LogP contribution in [0.15, 0.2) is 27.6 Å². The van der Waals surface area contributed by atoms with Crippen LogP contribution >= 0.6 is 11.6 Å². The molecule has 0 aliphatic carbocycles. The quantitative estimate of drug-likeness (QED) is 0.888. The van der Waals surface area contributed by atoms with Crippen LogP contribution in [-0.4, -0.2) is 19.5 Å². The van der Waals surface area contributed by atoms with Gasteiger partial charge in [0.25, 0.3) is 10.0 Å². The van der Waals surface area contributed by atoms with E-state index < -0.39 is 10.0 Å². The number of halogens is 1. The van der Waals surface area contributed by atoms with Crippen molar-refractivity contribution >= 4 is 38.9 Å². The van der Waals surface area contributed by atoms with E-state index in [1.54, 1.807) is 0 Å². The van der Waals surface area contributed by atoms with Crippen molar-refractivity contribution < 1.29 is 17.7 Å². The van der Waals surface area contributed by atoms with E-state index >= 15 is 0 Å². The Hall–Kier alpha value is -2.06. The van der Waals surface area contributed by atoms with Gasteiger partial charge < -0.3 is 9.84 Å². The van der Waals surface area contributed by atoms with Crippen LogP contribution in [0, 0.1) is 13.8 Å². The predicted octanol–water partition coefficient (Wildman–Crippen LogP) is 2.70. The number of carbonyl (C=O) groups is 1. The summed E-state index contributed by atoms with van der Waals surface area (Å²) in [6, 6.07) is 4.41. The van der Waals surface area contributed by atoms with Crippen LogP contribution in [0.3, 0.4) is 0 Å². The third kappa shape index (κ3) is 3.40. The number of anilines is 2. The molecule has 1 aromatic carbocycles. The molecule has 0 saturated heterocycles. The molecule has 2 aromatic rings. The van der Waals surface area contributed by atoms with Gasteiger partial charge in [-0.15, -0.1) is 0 Å². The molecule has 0 spiro atoms. The lowest BCUT2D eigenvalue weighted by atomic mass is 10.3. The highest BCUT2D eigenvalue weighted by Crippen LogP contribution is 2.28. The van der Waals surface area contributed by atoms with Crippen LogP contribution in [0.25, 0.3) is 0 Å². The van der Waals surface area contributed by atoms with E-state index in [-0.39, 0.29) is 33.0 Å². The van der Waals surface area contributed by atoms with Crippen molar-refractivity contribution in [2.45, 2.75) is 25.7 Å². The van der Waals surface area contributed by atoms with Crippen molar-refractivity contribution in [3.05, 3.63) is 34.7 Å². The molecule has 22 heavy (non-hydrogen) atoms. The van der Waals surface area contributed by atoms with Gasteiger partial charge in [-0.05, 0) is 32.0 Å². The Bertz CT molecular complexity index is 810. The second-order valence-corrected chi connectivity index (χ2v) is 6.66. The first kappa shape index (κ1) is 16.3. The molecule has 1 heterocycles. The normalized spacial score (nSPS) is 11.3. The zero-order chi connectivity index (χ0) is 16.5. The molecule has 9 heteroatoms. The molecule has 1 aromatic heterocycles. The number of hydrogen-bond donors (Lipinski definition) is 2. The smallest absolute Gasteiger partial charge is 0.267 e. The number of amides is 1. The summed E-state index contributed by atoms with van der Waals surface area (Å²) in [4.78, 5) is 11.0. The van der Waals surface area contributed by atoms with Crippen molar-refractivity contribution in [1.29, 1.82) is 0 Å². The SMILES string of the molecule is CC(=O)Nc1ccc(NS(=O)(=O)c2c(C)noc2C)cc1Cl. The van der Waals surface area contributed by atoms with Gasteiger partial charge >= 0.3 is 0 Å². The molecule has 0 aliphatic heterocycles. The highest BCUT2D eigenvalue weighted by atomic mass is 35.5. The van der Waals surface area contributed by atoms with Crippen molar-refractivity contribution in [2.24, 2.45) is 0 Å². The minimum atomic E-state index is -3.84. The molecular weight excluding hydrogens is 330 g/mol. The second-order valence-electron chi connectivity index (χ2n) is 4.63. The number of aromatic nitrogens is 1. The van der Waals surface area contributed by atoms with Gasteiger partial charge in [0.1, 0.15) is 5.69 Å². The summed E-state index contributed by atoms with van der Waals surface area (Å²) in [5.41, 5.74) is 0.930. The maximum Gasteiger partial charge on any atom is 0.267 e. The maximum atomic E-state index is 12.4. The van der Waals surface area contributed by atoms with Crippen LogP contribution in [0.5, 0.6) is 0 Å². The number of aryl methyl sites for hydroxylation is 2. The molecule has 0 aliphatic rings. The topological polar surface area (TPSA) is 101 Å². The second kappa shape index (κ2) is 5.98. The molecule has 0 fully saturated rings. The van der Waals surface area contributed by atoms with Crippen molar-refractivity contribution in [1.82, 2.24) is 5.16 Å². The standard InChI is InChI=1S/C13H14ClN3O4S/c1-7-13(8(2)21-16-7)22(19,20)17-10-4-5-12(11(14)6-10)15-9(3)18/h4-6,17H,1-3H3,(H,15,18). The number of hydrogen-bond acceptors (Lipinski definition) is 5. The summed E-state index contributed by atoms with van der Waals surface area (Å²) >= 11 is 6.01. The molecule has 0 bridgehead atoms. The fourth-order valence-electron chi connectivity index (χ4n) is 1.93. The van der Waals surface area contributed by atoms with Gasteiger partial charge in [0.05, 0.1) is 16.4 Å². The first-order valence-corrected chi connectivity index (χ1v) is 8.09. The summed E-state index contributed by atoms with van der Waals surface area (Å²) < 4.78 is 32.0. The molecule has 1 amide bonds. The average Bonchev–Trinajstić information content (AvgIpc) is 2.72. The first-order valence-electron chi connectivity index (χ1n) is 6.23. The summed E-state index contributed by atoms with van der Waals surface area (Å²) in [5.74, 6) is -0.0723. The van der Waals surface area contributed by atoms with E-state index in [0.29, 0.717) is 5.69 Å². The Morgan fingerprint density at radius 1 is 1.32 bits per heavy atom. The molecule has 0 atom stereocenters. The highest BCUT2D eigenvalue weighted by molar-refractivity contribution is 7.92. The van der Waals surface area contributed by atoms with E-state index in [1.165, 1.54) is 39.0 Å². The van der Waals surface area contributed by atoms with E-state index in [0.717, 1.165) is 0 Å². The van der Waals surface area contributed by atoms with Crippen LogP contribution in [0.1, 0.15) is 18.4 Å². The summed E-state index contributed by atoms with van der Waals surface area (Å²) in [6.45, 7) is 4.41. The largest absolute Gasteiger partial charge is 0.360 e. The molecule has 7 nitrogen and oxygen atoms in total. The zero-order valence-electron chi connectivity index (χ0n) is 12.1. The van der Waals surface area contributed by atoms with Gasteiger partial charge in [-0.1, -0.05) is 16.8 Å². The molecule has 0 unspecified atom stereocenters. The van der Waals surface area contributed by atoms with Gasteiger partial charge in [-0.2, -0.15) is 0 Å². The van der Waals surface area contributed by atoms with Crippen molar-refractivity contribution in [2.75, 3.05) is 10.0 Å². The average molecular weight is 344 g/mol. The third-order valence-electron chi connectivity index (χ3n) is 2.77. The number of nitrogens with zero attached hydrogens (tertiary/aromatic N) is 1. The van der Waals surface area contributed by atoms with Gasteiger partial charge in [-0.3, -0.25) is 9.52 Å². The van der Waals surface area contributed by atoms with E-state index in [1.807, 2.05) is 0 Å². The van der Waals surface area contributed by atoms with Crippen molar-refractivity contribution in [3.63, 3.8) is 0 Å². The minimum Gasteiger partial charge on any atom is -0.360 e. The summed E-state index contributed by atoms with van der Waals surface area (Å²) in [5, 5.41) is 6.37. The maximum absolute atomic E-state index is 12.4. The Morgan fingerprint density at radius 3 is 2.50 bits per heavy atom. The predicted molar refractivity (Wildman–Crippen MR) is 82.5 cm³/mol. The third-order valence-corrected chi connectivity index (χ3v) is 4.71. The highest BCUT2D eigenvalue weighted by Gasteiger charge is 2.24. The number of rotatable bonds is 4. The lowest BCUT2D eigenvalue weighted by molar-refractivity contribution is -0.114. The molecule has 2 N–H and O–H groups in total. The van der Waals surface area contributed by atoms with Gasteiger partial charge in [0, 0.05) is 6.92 Å². The first-order chi connectivity index (χ1) is 10.2. The van der Waals surface area contributed by atoms with Crippen LogP contribution in [0.4, 0.5) is 11.4 Å². The van der Waals surface area contributed by atoms with Gasteiger partial charge in [0.2, 0.25) is 5.91 Å². The number of carbonyl (C=O) groups excluding carboxylic acids is 1. The summed E-state index contributed by atoms with van der Waals surface area (Å²) in [7, 11) is -3.84. The van der Waals surface area contributed by atoms with Crippen LogP contribution < -0.4 is 10.0 Å². The monoisotopic (exact) mass is 343 g/mol. The Kier molecular flexibility index (Phi) is 4.43. The molecular formula is C13H14ClN3O4S. The fourth-order valence-corrected chi connectivity index (χ4v) is 3.54. The molecule has 2 rings (SSSR count). The van der Waals surface area contributed by atoms with Crippen molar-refractivity contribution in [3.8, 4) is 0 Å². The fraction of sp³-hybridized carbons (Fsp3) is 0.231. The molecule has 0 saturated carbocycles.